The van der Waals surface area contributed by atoms with Crippen LogP contribution in [0.3, 0.4) is 0 Å². The van der Waals surface area contributed by atoms with Crippen LogP contribution in [0.5, 0.6) is 5.75 Å². The molecule has 0 spiro atoms. The SMILES string of the molecule is Cc1cc(-c2ccc(-c3ncc[nH]3)cc2)cc2c1OCCN(C(=O)N1CCC(CF)CC1)C2. The van der Waals surface area contributed by atoms with Crippen LogP contribution in [-0.4, -0.2) is 58.7 Å². The monoisotopic (exact) mass is 448 g/mol. The van der Waals surface area contributed by atoms with Gasteiger partial charge < -0.3 is 19.5 Å². The lowest BCUT2D eigenvalue weighted by Crippen LogP contribution is -2.47. The number of carbonyl (C=O) groups excluding carboxylic acids is 1. The van der Waals surface area contributed by atoms with Gasteiger partial charge in [0.2, 0.25) is 0 Å². The fraction of sp³-hybridized carbons (Fsp3) is 0.385. The summed E-state index contributed by atoms with van der Waals surface area (Å²) in [6.07, 6.45) is 5.03. The molecule has 0 saturated carbocycles. The third-order valence-electron chi connectivity index (χ3n) is 6.68. The zero-order chi connectivity index (χ0) is 22.8. The highest BCUT2D eigenvalue weighted by Gasteiger charge is 2.28. The lowest BCUT2D eigenvalue weighted by atomic mass is 9.97. The maximum Gasteiger partial charge on any atom is 0.320 e. The number of aryl methyl sites for hydroxylation is 1. The number of hydrogen-bond donors (Lipinski definition) is 1. The molecule has 2 aliphatic heterocycles. The first-order valence-corrected chi connectivity index (χ1v) is 11.6. The van der Waals surface area contributed by atoms with Crippen LogP contribution < -0.4 is 4.74 Å². The van der Waals surface area contributed by atoms with Crippen LogP contribution in [0.15, 0.2) is 48.8 Å². The van der Waals surface area contributed by atoms with Crippen LogP contribution in [0.1, 0.15) is 24.0 Å². The predicted octanol–water partition coefficient (Wildman–Crippen LogP) is 5.05. The molecule has 5 rings (SSSR count). The Morgan fingerprint density at radius 3 is 2.55 bits per heavy atom. The van der Waals surface area contributed by atoms with Crippen molar-refractivity contribution in [3.05, 3.63) is 59.9 Å². The van der Waals surface area contributed by atoms with E-state index in [2.05, 4.69) is 53.3 Å². The summed E-state index contributed by atoms with van der Waals surface area (Å²) in [4.78, 5) is 24.4. The summed E-state index contributed by atoms with van der Waals surface area (Å²) in [5.41, 5.74) is 5.32. The highest BCUT2D eigenvalue weighted by atomic mass is 19.1. The van der Waals surface area contributed by atoms with E-state index in [4.69, 9.17) is 4.74 Å². The van der Waals surface area contributed by atoms with Crippen LogP contribution >= 0.6 is 0 Å². The number of alkyl halides is 1. The van der Waals surface area contributed by atoms with Crippen LogP contribution in [0, 0.1) is 12.8 Å². The van der Waals surface area contributed by atoms with Gasteiger partial charge in [-0.3, -0.25) is 4.39 Å². The number of aromatic nitrogens is 2. The Morgan fingerprint density at radius 1 is 1.09 bits per heavy atom. The summed E-state index contributed by atoms with van der Waals surface area (Å²) in [7, 11) is 0. The number of aromatic amines is 1. The van der Waals surface area contributed by atoms with Gasteiger partial charge in [0.25, 0.3) is 0 Å². The highest BCUT2D eigenvalue weighted by molar-refractivity contribution is 5.75. The van der Waals surface area contributed by atoms with Gasteiger partial charge in [-0.25, -0.2) is 9.78 Å². The Kier molecular flexibility index (Phi) is 6.03. The molecule has 6 nitrogen and oxygen atoms in total. The van der Waals surface area contributed by atoms with E-state index in [0.717, 1.165) is 52.2 Å². The molecule has 0 aliphatic carbocycles. The molecule has 1 saturated heterocycles. The van der Waals surface area contributed by atoms with E-state index in [0.29, 0.717) is 32.8 Å². The van der Waals surface area contributed by atoms with Gasteiger partial charge in [-0.15, -0.1) is 0 Å². The first-order chi connectivity index (χ1) is 16.1. The highest BCUT2D eigenvalue weighted by Crippen LogP contribution is 2.34. The molecule has 33 heavy (non-hydrogen) atoms. The molecular weight excluding hydrogens is 419 g/mol. The minimum atomic E-state index is -0.294. The molecule has 0 bridgehead atoms. The summed E-state index contributed by atoms with van der Waals surface area (Å²) in [6, 6.07) is 12.6. The standard InChI is InChI=1S/C26H29FN4O2/c1-18-14-22(20-2-4-21(5-3-20)25-28-8-9-29-25)15-23-17-31(12-13-33-24(18)23)26(32)30-10-6-19(16-27)7-11-30/h2-5,8-9,14-15,19H,6-7,10-13,16-17H2,1H3,(H,28,29). The average Bonchev–Trinajstić information content (AvgIpc) is 3.30. The molecule has 1 aromatic heterocycles. The third-order valence-corrected chi connectivity index (χ3v) is 6.68. The Labute approximate surface area is 193 Å². The van der Waals surface area contributed by atoms with Gasteiger partial charge >= 0.3 is 6.03 Å². The number of piperidine rings is 1. The van der Waals surface area contributed by atoms with E-state index in [1.807, 2.05) is 16.0 Å². The second kappa shape index (κ2) is 9.25. The first kappa shape index (κ1) is 21.5. The van der Waals surface area contributed by atoms with E-state index < -0.39 is 0 Å². The molecule has 0 unspecified atom stereocenters. The lowest BCUT2D eigenvalue weighted by molar-refractivity contribution is 0.122. The Morgan fingerprint density at radius 2 is 1.85 bits per heavy atom. The number of H-pyrrole nitrogens is 1. The van der Waals surface area contributed by atoms with Crippen molar-refractivity contribution in [3.8, 4) is 28.3 Å². The quantitative estimate of drug-likeness (QED) is 0.610. The van der Waals surface area contributed by atoms with Crippen molar-refractivity contribution in [1.29, 1.82) is 0 Å². The number of benzene rings is 2. The maximum atomic E-state index is 13.2. The largest absolute Gasteiger partial charge is 0.491 e. The minimum absolute atomic E-state index is 0.0228. The van der Waals surface area contributed by atoms with Crippen molar-refractivity contribution in [1.82, 2.24) is 19.8 Å². The molecule has 172 valence electrons. The number of likely N-dealkylation sites (tertiary alicyclic amines) is 1. The fourth-order valence-electron chi connectivity index (χ4n) is 4.77. The number of imidazole rings is 1. The molecule has 1 fully saturated rings. The van der Waals surface area contributed by atoms with Crippen molar-refractivity contribution in [2.24, 2.45) is 5.92 Å². The van der Waals surface area contributed by atoms with E-state index >= 15 is 0 Å². The number of amides is 2. The van der Waals surface area contributed by atoms with E-state index in [1.54, 1.807) is 6.20 Å². The zero-order valence-corrected chi connectivity index (χ0v) is 18.9. The molecule has 2 aromatic carbocycles. The minimum Gasteiger partial charge on any atom is -0.491 e. The van der Waals surface area contributed by atoms with Crippen molar-refractivity contribution in [2.75, 3.05) is 32.9 Å². The number of ether oxygens (including phenoxy) is 1. The van der Waals surface area contributed by atoms with Crippen LogP contribution in [-0.2, 0) is 6.54 Å². The second-order valence-electron chi connectivity index (χ2n) is 8.93. The summed E-state index contributed by atoms with van der Waals surface area (Å²) in [5, 5.41) is 0. The molecular formula is C26H29FN4O2. The van der Waals surface area contributed by atoms with Gasteiger partial charge in [-0.2, -0.15) is 0 Å². The number of nitrogens with zero attached hydrogens (tertiary/aromatic N) is 3. The second-order valence-corrected chi connectivity index (χ2v) is 8.93. The molecule has 0 radical (unpaired) electrons. The molecule has 2 amide bonds. The van der Waals surface area contributed by atoms with Crippen molar-refractivity contribution in [2.45, 2.75) is 26.3 Å². The number of rotatable bonds is 3. The van der Waals surface area contributed by atoms with Gasteiger partial charge in [0.15, 0.2) is 0 Å². The van der Waals surface area contributed by atoms with Crippen LogP contribution in [0.2, 0.25) is 0 Å². The van der Waals surface area contributed by atoms with E-state index in [9.17, 15) is 9.18 Å². The van der Waals surface area contributed by atoms with Crippen LogP contribution in [0.4, 0.5) is 9.18 Å². The summed E-state index contributed by atoms with van der Waals surface area (Å²) < 4.78 is 19.0. The van der Waals surface area contributed by atoms with Gasteiger partial charge in [-0.1, -0.05) is 24.3 Å². The molecule has 1 N–H and O–H groups in total. The van der Waals surface area contributed by atoms with Gasteiger partial charge in [-0.05, 0) is 54.5 Å². The molecule has 0 atom stereocenters. The van der Waals surface area contributed by atoms with Gasteiger partial charge in [0.1, 0.15) is 18.2 Å². The fourth-order valence-corrected chi connectivity index (χ4v) is 4.77. The maximum absolute atomic E-state index is 13.2. The first-order valence-electron chi connectivity index (χ1n) is 11.6. The molecule has 3 aromatic rings. The zero-order valence-electron chi connectivity index (χ0n) is 18.9. The summed E-state index contributed by atoms with van der Waals surface area (Å²) >= 11 is 0. The summed E-state index contributed by atoms with van der Waals surface area (Å²) in [6.45, 7) is 4.53. The van der Waals surface area contributed by atoms with Crippen molar-refractivity contribution >= 4 is 6.03 Å². The Bertz CT molecular complexity index is 1110. The summed E-state index contributed by atoms with van der Waals surface area (Å²) in [5.74, 6) is 1.81. The number of halogens is 1. The van der Waals surface area contributed by atoms with E-state index in [1.165, 1.54) is 0 Å². The number of hydrogen-bond acceptors (Lipinski definition) is 3. The normalized spacial score (nSPS) is 16.8. The lowest BCUT2D eigenvalue weighted by Gasteiger charge is -2.34. The van der Waals surface area contributed by atoms with Crippen molar-refractivity contribution < 1.29 is 13.9 Å². The molecule has 7 heteroatoms. The van der Waals surface area contributed by atoms with Crippen molar-refractivity contribution in [3.63, 3.8) is 0 Å². The Balaban J connectivity index is 1.37. The van der Waals surface area contributed by atoms with Crippen LogP contribution in [0.25, 0.3) is 22.5 Å². The number of nitrogens with one attached hydrogen (secondary N) is 1. The third kappa shape index (κ3) is 4.45. The topological polar surface area (TPSA) is 61.5 Å². The number of fused-ring (bicyclic) bond motifs is 1. The number of carbonyl (C=O) groups is 1. The molecule has 2 aliphatic rings. The predicted molar refractivity (Wildman–Crippen MR) is 126 cm³/mol. The molecule has 3 heterocycles. The Hall–Kier alpha value is -3.35. The smallest absolute Gasteiger partial charge is 0.320 e. The van der Waals surface area contributed by atoms with Gasteiger partial charge in [0, 0.05) is 36.6 Å². The average molecular weight is 449 g/mol. The van der Waals surface area contributed by atoms with E-state index in [-0.39, 0.29) is 18.6 Å². The van der Waals surface area contributed by atoms with Gasteiger partial charge in [0.05, 0.1) is 19.8 Å². The number of urea groups is 1.